The largest absolute Gasteiger partial charge is 0.362 e. The van der Waals surface area contributed by atoms with Crippen LogP contribution >= 0.6 is 0 Å². The Kier molecular flexibility index (Phi) is 5.93. The second-order valence-electron chi connectivity index (χ2n) is 5.96. The van der Waals surface area contributed by atoms with Crippen molar-refractivity contribution in [2.45, 2.75) is 25.8 Å². The van der Waals surface area contributed by atoms with Gasteiger partial charge in [0.15, 0.2) is 5.82 Å². The van der Waals surface area contributed by atoms with E-state index in [0.717, 1.165) is 25.2 Å². The highest BCUT2D eigenvalue weighted by Gasteiger charge is 2.07. The first-order valence-electron chi connectivity index (χ1n) is 8.60. The molecule has 3 rings (SSSR count). The molecule has 0 spiro atoms. The molecular formula is C20H23N5. The third-order valence-electron chi connectivity index (χ3n) is 3.99. The summed E-state index contributed by atoms with van der Waals surface area (Å²) in [5, 5.41) is 14.7. The Labute approximate surface area is 148 Å². The first-order chi connectivity index (χ1) is 12.3. The van der Waals surface area contributed by atoms with E-state index >= 15 is 0 Å². The van der Waals surface area contributed by atoms with Crippen LogP contribution < -0.4 is 10.6 Å². The highest BCUT2D eigenvalue weighted by Crippen LogP contribution is 2.17. The van der Waals surface area contributed by atoms with Crippen LogP contribution in [0.3, 0.4) is 0 Å². The monoisotopic (exact) mass is 333 g/mol. The van der Waals surface area contributed by atoms with Gasteiger partial charge in [-0.05, 0) is 30.9 Å². The number of nitrogens with zero attached hydrogens (tertiary/aromatic N) is 3. The minimum absolute atomic E-state index is 0.156. The average Bonchev–Trinajstić information content (AvgIpc) is 2.67. The minimum atomic E-state index is 0.156. The number of anilines is 2. The van der Waals surface area contributed by atoms with Gasteiger partial charge in [0.1, 0.15) is 0 Å². The van der Waals surface area contributed by atoms with Crippen LogP contribution in [0.5, 0.6) is 0 Å². The molecule has 0 saturated carbocycles. The molecule has 5 nitrogen and oxygen atoms in total. The van der Waals surface area contributed by atoms with Crippen LogP contribution in [-0.4, -0.2) is 21.7 Å². The van der Waals surface area contributed by atoms with Gasteiger partial charge in [-0.3, -0.25) is 0 Å². The smallest absolute Gasteiger partial charge is 0.244 e. The van der Waals surface area contributed by atoms with Gasteiger partial charge in [0.05, 0.1) is 6.20 Å². The Morgan fingerprint density at radius 3 is 2.44 bits per heavy atom. The number of aryl methyl sites for hydroxylation is 1. The first-order valence-corrected chi connectivity index (χ1v) is 8.60. The number of rotatable bonds is 8. The van der Waals surface area contributed by atoms with Gasteiger partial charge in [-0.1, -0.05) is 60.7 Å². The van der Waals surface area contributed by atoms with E-state index in [-0.39, 0.29) is 6.04 Å². The maximum Gasteiger partial charge on any atom is 0.244 e. The molecule has 0 aliphatic carbocycles. The lowest BCUT2D eigenvalue weighted by atomic mass is 10.1. The molecule has 1 heterocycles. The van der Waals surface area contributed by atoms with Crippen LogP contribution in [0, 0.1) is 0 Å². The maximum atomic E-state index is 4.49. The fraction of sp³-hybridized carbons (Fsp3) is 0.250. The molecule has 0 radical (unpaired) electrons. The molecule has 128 valence electrons. The highest BCUT2D eigenvalue weighted by molar-refractivity contribution is 5.39. The summed E-state index contributed by atoms with van der Waals surface area (Å²) in [7, 11) is 0. The second kappa shape index (κ2) is 8.78. The summed E-state index contributed by atoms with van der Waals surface area (Å²) in [5.74, 6) is 1.27. The van der Waals surface area contributed by atoms with Gasteiger partial charge in [0.2, 0.25) is 5.95 Å². The molecule has 0 fully saturated rings. The van der Waals surface area contributed by atoms with Crippen molar-refractivity contribution < 1.29 is 0 Å². The second-order valence-corrected chi connectivity index (χ2v) is 5.96. The topological polar surface area (TPSA) is 62.7 Å². The lowest BCUT2D eigenvalue weighted by molar-refractivity contribution is 0.832. The normalized spacial score (nSPS) is 11.7. The molecular weight excluding hydrogens is 310 g/mol. The van der Waals surface area contributed by atoms with Crippen molar-refractivity contribution in [3.63, 3.8) is 0 Å². The Balaban J connectivity index is 1.49. The van der Waals surface area contributed by atoms with Crippen LogP contribution in [0.1, 0.15) is 30.5 Å². The molecule has 0 saturated heterocycles. The molecule has 0 aliphatic rings. The van der Waals surface area contributed by atoms with Gasteiger partial charge in [-0.2, -0.15) is 10.1 Å². The van der Waals surface area contributed by atoms with E-state index in [2.05, 4.69) is 69.1 Å². The number of nitrogens with one attached hydrogen (secondary N) is 2. The molecule has 3 aromatic rings. The van der Waals surface area contributed by atoms with Crippen molar-refractivity contribution >= 4 is 11.8 Å². The summed E-state index contributed by atoms with van der Waals surface area (Å²) in [6.07, 6.45) is 3.70. The van der Waals surface area contributed by atoms with Crippen LogP contribution in [0.25, 0.3) is 0 Å². The zero-order chi connectivity index (χ0) is 17.3. The van der Waals surface area contributed by atoms with E-state index < -0.39 is 0 Å². The van der Waals surface area contributed by atoms with Crippen molar-refractivity contribution in [2.24, 2.45) is 0 Å². The summed E-state index contributed by atoms with van der Waals surface area (Å²) in [6, 6.07) is 20.9. The zero-order valence-electron chi connectivity index (χ0n) is 14.4. The van der Waals surface area contributed by atoms with Crippen molar-refractivity contribution in [3.8, 4) is 0 Å². The summed E-state index contributed by atoms with van der Waals surface area (Å²) < 4.78 is 0. The SMILES string of the molecule is CC(Nc1cnnc(NCCCc2ccccc2)n1)c1ccccc1. The van der Waals surface area contributed by atoms with E-state index in [1.165, 1.54) is 11.1 Å². The average molecular weight is 333 g/mol. The Bertz CT molecular complexity index is 761. The third-order valence-corrected chi connectivity index (χ3v) is 3.99. The standard InChI is InChI=1S/C20H23N5/c1-16(18-12-6-3-7-13-18)23-19-15-22-25-20(24-19)21-14-8-11-17-9-4-2-5-10-17/h2-7,9-10,12-13,15-16H,8,11,14H2,1H3,(H2,21,23,24,25). The molecule has 0 amide bonds. The van der Waals surface area contributed by atoms with Gasteiger partial charge in [-0.25, -0.2) is 0 Å². The van der Waals surface area contributed by atoms with Gasteiger partial charge in [0, 0.05) is 12.6 Å². The summed E-state index contributed by atoms with van der Waals surface area (Å²) in [6.45, 7) is 2.92. The Morgan fingerprint density at radius 1 is 0.960 bits per heavy atom. The Hall–Kier alpha value is -2.95. The molecule has 0 aliphatic heterocycles. The quantitative estimate of drug-likeness (QED) is 0.608. The third kappa shape index (κ3) is 5.28. The minimum Gasteiger partial charge on any atom is -0.362 e. The van der Waals surface area contributed by atoms with E-state index in [9.17, 15) is 0 Å². The van der Waals surface area contributed by atoms with Gasteiger partial charge >= 0.3 is 0 Å². The highest BCUT2D eigenvalue weighted by atomic mass is 15.3. The van der Waals surface area contributed by atoms with Gasteiger partial charge < -0.3 is 10.6 Å². The van der Waals surface area contributed by atoms with E-state index in [4.69, 9.17) is 0 Å². The molecule has 2 N–H and O–H groups in total. The van der Waals surface area contributed by atoms with E-state index in [1.54, 1.807) is 6.20 Å². The molecule has 1 aromatic heterocycles. The first kappa shape index (κ1) is 16.9. The maximum absolute atomic E-state index is 4.49. The lowest BCUT2D eigenvalue weighted by Crippen LogP contribution is -2.12. The zero-order valence-corrected chi connectivity index (χ0v) is 14.4. The van der Waals surface area contributed by atoms with Crippen LogP contribution in [0.15, 0.2) is 66.9 Å². The van der Waals surface area contributed by atoms with Crippen LogP contribution in [-0.2, 0) is 6.42 Å². The number of hydrogen-bond acceptors (Lipinski definition) is 5. The fourth-order valence-electron chi connectivity index (χ4n) is 2.63. The molecule has 5 heteroatoms. The Morgan fingerprint density at radius 2 is 1.68 bits per heavy atom. The fourth-order valence-corrected chi connectivity index (χ4v) is 2.63. The van der Waals surface area contributed by atoms with E-state index in [0.29, 0.717) is 5.95 Å². The number of hydrogen-bond donors (Lipinski definition) is 2. The summed E-state index contributed by atoms with van der Waals surface area (Å²) >= 11 is 0. The van der Waals surface area contributed by atoms with Gasteiger partial charge in [-0.15, -0.1) is 5.10 Å². The molecule has 1 atom stereocenters. The van der Waals surface area contributed by atoms with Crippen molar-refractivity contribution in [2.75, 3.05) is 17.2 Å². The van der Waals surface area contributed by atoms with Gasteiger partial charge in [0.25, 0.3) is 0 Å². The predicted octanol–water partition coefficient (Wildman–Crippen LogP) is 4.09. The van der Waals surface area contributed by atoms with Crippen molar-refractivity contribution in [1.82, 2.24) is 15.2 Å². The molecule has 1 unspecified atom stereocenters. The van der Waals surface area contributed by atoms with Crippen molar-refractivity contribution in [3.05, 3.63) is 78.0 Å². The van der Waals surface area contributed by atoms with Crippen LogP contribution in [0.4, 0.5) is 11.8 Å². The number of benzene rings is 2. The van der Waals surface area contributed by atoms with Crippen LogP contribution in [0.2, 0.25) is 0 Å². The molecule has 0 bridgehead atoms. The predicted molar refractivity (Wildman–Crippen MR) is 102 cm³/mol. The molecule has 25 heavy (non-hydrogen) atoms. The number of aromatic nitrogens is 3. The summed E-state index contributed by atoms with van der Waals surface area (Å²) in [5.41, 5.74) is 2.55. The lowest BCUT2D eigenvalue weighted by Gasteiger charge is -2.15. The van der Waals surface area contributed by atoms with E-state index in [1.807, 2.05) is 24.3 Å². The molecule has 2 aromatic carbocycles. The summed E-state index contributed by atoms with van der Waals surface area (Å²) in [4.78, 5) is 4.49. The van der Waals surface area contributed by atoms with Crippen molar-refractivity contribution in [1.29, 1.82) is 0 Å².